The summed E-state index contributed by atoms with van der Waals surface area (Å²) in [5.41, 5.74) is 0.588. The maximum absolute atomic E-state index is 10.6. The van der Waals surface area contributed by atoms with Gasteiger partial charge in [-0.05, 0) is 12.1 Å². The molecule has 0 bridgehead atoms. The summed E-state index contributed by atoms with van der Waals surface area (Å²) in [7, 11) is 0. The lowest BCUT2D eigenvalue weighted by Crippen LogP contribution is -2.03. The molecule has 1 aliphatic rings. The molecule has 1 aromatic carbocycles. The van der Waals surface area contributed by atoms with E-state index in [1.165, 1.54) is 11.3 Å². The summed E-state index contributed by atoms with van der Waals surface area (Å²) in [6.45, 7) is 0.712. The highest BCUT2D eigenvalue weighted by Gasteiger charge is 2.13. The molecule has 0 amide bonds. The number of aromatic nitrogens is 1. The SMILES string of the molecule is O=C(O)Cc1csc(CCOc2ccc3c(c2)OCO3)n1. The quantitative estimate of drug-likeness (QED) is 0.881. The van der Waals surface area contributed by atoms with Crippen LogP contribution in [-0.4, -0.2) is 29.5 Å². The highest BCUT2D eigenvalue weighted by Crippen LogP contribution is 2.35. The van der Waals surface area contributed by atoms with Crippen molar-refractivity contribution in [2.24, 2.45) is 0 Å². The van der Waals surface area contributed by atoms with Gasteiger partial charge in [0.15, 0.2) is 11.5 Å². The number of aliphatic carboxylic acids is 1. The standard InChI is InChI=1S/C14H13NO5S/c16-14(17)5-9-7-21-13(15-9)3-4-18-10-1-2-11-12(6-10)20-8-19-11/h1-2,6-7H,3-5,8H2,(H,16,17). The van der Waals surface area contributed by atoms with Gasteiger partial charge in [-0.2, -0.15) is 0 Å². The van der Waals surface area contributed by atoms with Crippen LogP contribution in [0.2, 0.25) is 0 Å². The molecule has 1 aliphatic heterocycles. The van der Waals surface area contributed by atoms with Crippen molar-refractivity contribution in [3.63, 3.8) is 0 Å². The molecule has 0 spiro atoms. The van der Waals surface area contributed by atoms with Gasteiger partial charge in [0, 0.05) is 17.9 Å². The molecule has 2 heterocycles. The van der Waals surface area contributed by atoms with Gasteiger partial charge in [0.25, 0.3) is 0 Å². The molecule has 110 valence electrons. The third-order valence-electron chi connectivity index (χ3n) is 2.86. The molecule has 0 fully saturated rings. The normalized spacial score (nSPS) is 12.4. The Hall–Kier alpha value is -2.28. The lowest BCUT2D eigenvalue weighted by Gasteiger charge is -2.05. The van der Waals surface area contributed by atoms with Crippen LogP contribution in [0.4, 0.5) is 0 Å². The Morgan fingerprint density at radius 1 is 1.38 bits per heavy atom. The Morgan fingerprint density at radius 2 is 2.24 bits per heavy atom. The fraction of sp³-hybridized carbons (Fsp3) is 0.286. The number of benzene rings is 1. The molecule has 3 rings (SSSR count). The van der Waals surface area contributed by atoms with E-state index in [2.05, 4.69) is 4.98 Å². The van der Waals surface area contributed by atoms with Gasteiger partial charge in [0.1, 0.15) is 5.75 Å². The van der Waals surface area contributed by atoms with Crippen molar-refractivity contribution in [1.29, 1.82) is 0 Å². The van der Waals surface area contributed by atoms with E-state index in [-0.39, 0.29) is 13.2 Å². The monoisotopic (exact) mass is 307 g/mol. The van der Waals surface area contributed by atoms with Gasteiger partial charge in [-0.15, -0.1) is 11.3 Å². The van der Waals surface area contributed by atoms with E-state index in [1.807, 2.05) is 12.1 Å². The number of carboxylic acid groups (broad SMARTS) is 1. The van der Waals surface area contributed by atoms with Gasteiger partial charge in [-0.1, -0.05) is 0 Å². The van der Waals surface area contributed by atoms with Crippen LogP contribution in [-0.2, 0) is 17.6 Å². The third-order valence-corrected chi connectivity index (χ3v) is 3.82. The van der Waals surface area contributed by atoms with E-state index in [4.69, 9.17) is 19.3 Å². The summed E-state index contributed by atoms with van der Waals surface area (Å²) in [6, 6.07) is 5.43. The van der Waals surface area contributed by atoms with Crippen molar-refractivity contribution in [3.05, 3.63) is 34.3 Å². The number of fused-ring (bicyclic) bond motifs is 1. The lowest BCUT2D eigenvalue weighted by molar-refractivity contribution is -0.136. The summed E-state index contributed by atoms with van der Waals surface area (Å²) >= 11 is 1.45. The number of hydrogen-bond acceptors (Lipinski definition) is 6. The van der Waals surface area contributed by atoms with Crippen LogP contribution in [0.15, 0.2) is 23.6 Å². The number of carboxylic acids is 1. The Balaban J connectivity index is 1.51. The average molecular weight is 307 g/mol. The van der Waals surface area contributed by atoms with Gasteiger partial charge in [-0.3, -0.25) is 4.79 Å². The second kappa shape index (κ2) is 6.01. The maximum atomic E-state index is 10.6. The lowest BCUT2D eigenvalue weighted by atomic mass is 10.3. The number of ether oxygens (including phenoxy) is 3. The highest BCUT2D eigenvalue weighted by atomic mass is 32.1. The van der Waals surface area contributed by atoms with Gasteiger partial charge in [0.05, 0.1) is 23.7 Å². The van der Waals surface area contributed by atoms with E-state index in [9.17, 15) is 4.79 Å². The topological polar surface area (TPSA) is 77.9 Å². The predicted molar refractivity (Wildman–Crippen MR) is 75.2 cm³/mol. The Bertz CT molecular complexity index is 655. The molecule has 6 nitrogen and oxygen atoms in total. The smallest absolute Gasteiger partial charge is 0.309 e. The number of thiazole rings is 1. The van der Waals surface area contributed by atoms with E-state index in [0.717, 1.165) is 10.8 Å². The second-order valence-corrected chi connectivity index (χ2v) is 5.36. The van der Waals surface area contributed by atoms with E-state index in [0.29, 0.717) is 30.2 Å². The van der Waals surface area contributed by atoms with Gasteiger partial charge in [0.2, 0.25) is 6.79 Å². The van der Waals surface area contributed by atoms with Crippen molar-refractivity contribution in [2.45, 2.75) is 12.8 Å². The summed E-state index contributed by atoms with van der Waals surface area (Å²) in [5.74, 6) is 1.25. The molecule has 0 saturated carbocycles. The van der Waals surface area contributed by atoms with Gasteiger partial charge >= 0.3 is 5.97 Å². The summed E-state index contributed by atoms with van der Waals surface area (Å²) in [6.07, 6.45) is 0.595. The third kappa shape index (κ3) is 3.43. The molecule has 0 aliphatic carbocycles. The molecule has 0 saturated heterocycles. The average Bonchev–Trinajstić information content (AvgIpc) is 3.06. The summed E-state index contributed by atoms with van der Waals surface area (Å²) < 4.78 is 16.1. The minimum Gasteiger partial charge on any atom is -0.493 e. The molecule has 0 atom stereocenters. The first kappa shape index (κ1) is 13.7. The van der Waals surface area contributed by atoms with Crippen molar-refractivity contribution < 1.29 is 24.1 Å². The second-order valence-electron chi connectivity index (χ2n) is 4.42. The van der Waals surface area contributed by atoms with Crippen LogP contribution in [0.5, 0.6) is 17.2 Å². The molecule has 21 heavy (non-hydrogen) atoms. The Morgan fingerprint density at radius 3 is 3.10 bits per heavy atom. The number of hydrogen-bond donors (Lipinski definition) is 1. The zero-order valence-electron chi connectivity index (χ0n) is 11.1. The molecule has 0 unspecified atom stereocenters. The van der Waals surface area contributed by atoms with Crippen molar-refractivity contribution in [1.82, 2.24) is 4.98 Å². The molecular formula is C14H13NO5S. The molecule has 1 N–H and O–H groups in total. The molecular weight excluding hydrogens is 294 g/mol. The minimum absolute atomic E-state index is 0.0421. The first-order chi connectivity index (χ1) is 10.2. The Labute approximate surface area is 124 Å². The van der Waals surface area contributed by atoms with Crippen molar-refractivity contribution >= 4 is 17.3 Å². The number of nitrogens with zero attached hydrogens (tertiary/aromatic N) is 1. The maximum Gasteiger partial charge on any atom is 0.309 e. The van der Waals surface area contributed by atoms with Crippen molar-refractivity contribution in [2.75, 3.05) is 13.4 Å². The molecule has 1 aromatic heterocycles. The fourth-order valence-corrected chi connectivity index (χ4v) is 2.70. The van der Waals surface area contributed by atoms with Crippen LogP contribution >= 0.6 is 11.3 Å². The molecule has 0 radical (unpaired) electrons. The first-order valence-electron chi connectivity index (χ1n) is 6.38. The van der Waals surface area contributed by atoms with Crippen LogP contribution < -0.4 is 14.2 Å². The van der Waals surface area contributed by atoms with Crippen molar-refractivity contribution in [3.8, 4) is 17.2 Å². The van der Waals surface area contributed by atoms with Crippen LogP contribution in [0.1, 0.15) is 10.7 Å². The van der Waals surface area contributed by atoms with Gasteiger partial charge in [-0.25, -0.2) is 4.98 Å². The molecule has 7 heteroatoms. The summed E-state index contributed by atoms with van der Waals surface area (Å²) in [5, 5.41) is 11.3. The fourth-order valence-electron chi connectivity index (χ4n) is 1.92. The predicted octanol–water partition coefficient (Wildman–Crippen LogP) is 2.12. The van der Waals surface area contributed by atoms with Crippen LogP contribution in [0.25, 0.3) is 0 Å². The zero-order chi connectivity index (χ0) is 14.7. The zero-order valence-corrected chi connectivity index (χ0v) is 11.9. The van der Waals surface area contributed by atoms with E-state index >= 15 is 0 Å². The van der Waals surface area contributed by atoms with Crippen LogP contribution in [0, 0.1) is 0 Å². The Kier molecular flexibility index (Phi) is 3.92. The first-order valence-corrected chi connectivity index (χ1v) is 7.26. The highest BCUT2D eigenvalue weighted by molar-refractivity contribution is 7.09. The van der Waals surface area contributed by atoms with E-state index < -0.39 is 5.97 Å². The number of carbonyl (C=O) groups is 1. The van der Waals surface area contributed by atoms with E-state index in [1.54, 1.807) is 11.4 Å². The summed E-state index contributed by atoms with van der Waals surface area (Å²) in [4.78, 5) is 14.8. The largest absolute Gasteiger partial charge is 0.493 e. The van der Waals surface area contributed by atoms with Gasteiger partial charge < -0.3 is 19.3 Å². The molecule has 2 aromatic rings. The number of rotatable bonds is 6. The minimum atomic E-state index is -0.872. The van der Waals surface area contributed by atoms with Crippen LogP contribution in [0.3, 0.4) is 0 Å².